The van der Waals surface area contributed by atoms with Gasteiger partial charge < -0.3 is 5.21 Å². The third-order valence-electron chi connectivity index (χ3n) is 3.85. The van der Waals surface area contributed by atoms with Gasteiger partial charge in [-0.15, -0.1) is 5.10 Å². The van der Waals surface area contributed by atoms with Crippen LogP contribution in [0, 0.1) is 11.1 Å². The Morgan fingerprint density at radius 1 is 1.26 bits per heavy atom. The predicted molar refractivity (Wildman–Crippen MR) is 92.0 cm³/mol. The second-order valence-corrected chi connectivity index (χ2v) is 6.35. The average molecular weight is 321 g/mol. The van der Waals surface area contributed by atoms with E-state index in [2.05, 4.69) is 40.5 Å². The molecule has 0 saturated heterocycles. The van der Waals surface area contributed by atoms with E-state index < -0.39 is 0 Å². The summed E-state index contributed by atoms with van der Waals surface area (Å²) >= 11 is 0. The Hall–Kier alpha value is -1.72. The van der Waals surface area contributed by atoms with Crippen LogP contribution in [0.25, 0.3) is 0 Å². The summed E-state index contributed by atoms with van der Waals surface area (Å²) in [5, 5.41) is 22.8. The highest BCUT2D eigenvalue weighted by Gasteiger charge is 2.04. The van der Waals surface area contributed by atoms with Gasteiger partial charge in [0.2, 0.25) is 6.20 Å². The van der Waals surface area contributed by atoms with Crippen molar-refractivity contribution in [2.45, 2.75) is 71.8 Å². The molecule has 6 heteroatoms. The number of azo groups is 1. The lowest BCUT2D eigenvalue weighted by molar-refractivity contribution is -0.458. The molecule has 0 N–H and O–H groups in total. The predicted octanol–water partition coefficient (Wildman–Crippen LogP) is 4.31. The van der Waals surface area contributed by atoms with Gasteiger partial charge in [0.25, 0.3) is 0 Å². The molecule has 0 atom stereocenters. The Labute approximate surface area is 139 Å². The van der Waals surface area contributed by atoms with Crippen LogP contribution in [0.4, 0.5) is 0 Å². The fourth-order valence-electron chi connectivity index (χ4n) is 2.40. The molecule has 23 heavy (non-hydrogen) atoms. The summed E-state index contributed by atoms with van der Waals surface area (Å²) in [6, 6.07) is 0. The molecule has 1 aromatic rings. The summed E-state index contributed by atoms with van der Waals surface area (Å²) in [6.07, 6.45) is 12.2. The maximum atomic E-state index is 10.8. The lowest BCUT2D eigenvalue weighted by Crippen LogP contribution is -2.06. The minimum Gasteiger partial charge on any atom is -0.595 e. The van der Waals surface area contributed by atoms with Gasteiger partial charge in [0.1, 0.15) is 6.54 Å². The van der Waals surface area contributed by atoms with Gasteiger partial charge in [-0.1, -0.05) is 49.6 Å². The van der Waals surface area contributed by atoms with Crippen molar-refractivity contribution in [1.29, 1.82) is 0 Å². The molecule has 1 rings (SSSR count). The fourth-order valence-corrected chi connectivity index (χ4v) is 2.40. The van der Waals surface area contributed by atoms with Gasteiger partial charge >= 0.3 is 0 Å². The van der Waals surface area contributed by atoms with Crippen LogP contribution in [0.1, 0.15) is 64.5 Å². The largest absolute Gasteiger partial charge is 0.595 e. The normalized spacial score (nSPS) is 12.0. The minimum absolute atomic E-state index is 0.537. The molecule has 0 fully saturated rings. The first-order valence-corrected chi connectivity index (χ1v) is 8.77. The maximum absolute atomic E-state index is 10.8. The number of nitrogens with zero attached hydrogens (tertiary/aromatic N) is 5. The number of hydrogen-bond acceptors (Lipinski definition) is 4. The summed E-state index contributed by atoms with van der Waals surface area (Å²) in [6.45, 7) is 9.41. The van der Waals surface area contributed by atoms with Crippen molar-refractivity contribution in [3.8, 4) is 0 Å². The summed E-state index contributed by atoms with van der Waals surface area (Å²) in [5.41, 5.74) is 1.25. The highest BCUT2D eigenvalue weighted by molar-refractivity contribution is 4.94. The number of aryl methyl sites for hydroxylation is 2. The lowest BCUT2D eigenvalue weighted by atomic mass is 10.1. The molecule has 0 aliphatic rings. The van der Waals surface area contributed by atoms with E-state index in [0.29, 0.717) is 17.3 Å². The second kappa shape index (κ2) is 11.8. The van der Waals surface area contributed by atoms with E-state index in [9.17, 15) is 5.21 Å². The Bertz CT molecular complexity index is 467. The Balaban J connectivity index is 2.05. The zero-order valence-electron chi connectivity index (χ0n) is 14.7. The van der Waals surface area contributed by atoms with Crippen molar-refractivity contribution in [1.82, 2.24) is 15.0 Å². The van der Waals surface area contributed by atoms with Crippen LogP contribution >= 0.6 is 0 Å². The number of rotatable bonds is 13. The number of unbranched alkanes of at least 4 members (excludes halogenated alkanes) is 5. The maximum Gasteiger partial charge on any atom is 0.202 e. The van der Waals surface area contributed by atoms with Crippen molar-refractivity contribution >= 4 is 0 Å². The van der Waals surface area contributed by atoms with Gasteiger partial charge in [0, 0.05) is 6.54 Å². The average Bonchev–Trinajstić information content (AvgIpc) is 2.98. The quantitative estimate of drug-likeness (QED) is 0.235. The first kappa shape index (κ1) is 19.3. The highest BCUT2D eigenvalue weighted by Crippen LogP contribution is 2.10. The second-order valence-electron chi connectivity index (χ2n) is 6.35. The highest BCUT2D eigenvalue weighted by atomic mass is 16.5. The fraction of sp³-hybridized carbons (Fsp3) is 0.765. The van der Waals surface area contributed by atoms with Crippen LogP contribution in [0.5, 0.6) is 0 Å². The van der Waals surface area contributed by atoms with E-state index in [0.717, 1.165) is 32.2 Å². The molecule has 0 bridgehead atoms. The van der Waals surface area contributed by atoms with Crippen molar-refractivity contribution < 1.29 is 4.86 Å². The minimum atomic E-state index is 0.537. The van der Waals surface area contributed by atoms with Crippen molar-refractivity contribution in [3.63, 3.8) is 0 Å². The van der Waals surface area contributed by atoms with E-state index in [1.165, 1.54) is 37.6 Å². The molecule has 0 unspecified atom stereocenters. The van der Waals surface area contributed by atoms with E-state index in [1.807, 2.05) is 6.20 Å². The summed E-state index contributed by atoms with van der Waals surface area (Å²) in [5.74, 6) is 0.713. The Morgan fingerprint density at radius 2 is 1.96 bits per heavy atom. The van der Waals surface area contributed by atoms with Gasteiger partial charge in [-0.2, -0.15) is 0 Å². The number of aromatic nitrogens is 3. The summed E-state index contributed by atoms with van der Waals surface area (Å²) < 4.78 is 2.05. The van der Waals surface area contributed by atoms with Gasteiger partial charge in [-0.3, -0.25) is 0 Å². The zero-order valence-corrected chi connectivity index (χ0v) is 14.7. The SMILES string of the molecule is C=C[N+]([O-])=NCCCCCCCCn1nncc1CCC(C)C. The molecule has 0 radical (unpaired) electrons. The molecule has 0 spiro atoms. The number of hydrogen-bond donors (Lipinski definition) is 0. The van der Waals surface area contributed by atoms with Gasteiger partial charge in [-0.05, 0) is 43.3 Å². The van der Waals surface area contributed by atoms with E-state index in [-0.39, 0.29) is 0 Å². The molecule has 1 aromatic heterocycles. The van der Waals surface area contributed by atoms with Crippen LogP contribution in [0.2, 0.25) is 0 Å². The van der Waals surface area contributed by atoms with Gasteiger partial charge in [0.05, 0.1) is 11.9 Å². The zero-order chi connectivity index (χ0) is 16.9. The topological polar surface area (TPSA) is 69.1 Å². The molecule has 0 aliphatic heterocycles. The number of hydroxylamine groups is 1. The molecular formula is C17H31N5O. The Kier molecular flexibility index (Phi) is 9.91. The van der Waals surface area contributed by atoms with Crippen LogP contribution < -0.4 is 0 Å². The molecule has 0 saturated carbocycles. The monoisotopic (exact) mass is 321 g/mol. The first-order valence-electron chi connectivity index (χ1n) is 8.77. The van der Waals surface area contributed by atoms with Crippen molar-refractivity contribution in [2.75, 3.05) is 6.54 Å². The molecular weight excluding hydrogens is 290 g/mol. The van der Waals surface area contributed by atoms with E-state index in [1.54, 1.807) is 0 Å². The van der Waals surface area contributed by atoms with Crippen LogP contribution in [-0.2, 0) is 13.0 Å². The van der Waals surface area contributed by atoms with Gasteiger partial charge in [-0.25, -0.2) is 4.68 Å². The summed E-state index contributed by atoms with van der Waals surface area (Å²) in [4.78, 5) is 0.537. The molecule has 0 amide bonds. The van der Waals surface area contributed by atoms with Crippen molar-refractivity contribution in [2.24, 2.45) is 11.0 Å². The van der Waals surface area contributed by atoms with Crippen LogP contribution in [-0.4, -0.2) is 26.4 Å². The lowest BCUT2D eigenvalue weighted by Gasteiger charge is -2.07. The van der Waals surface area contributed by atoms with E-state index in [4.69, 9.17) is 0 Å². The molecule has 0 aromatic carbocycles. The first-order chi connectivity index (χ1) is 11.1. The molecule has 130 valence electrons. The van der Waals surface area contributed by atoms with Crippen LogP contribution in [0.3, 0.4) is 0 Å². The molecule has 6 nitrogen and oxygen atoms in total. The third-order valence-corrected chi connectivity index (χ3v) is 3.85. The van der Waals surface area contributed by atoms with Gasteiger partial charge in [0.15, 0.2) is 0 Å². The third kappa shape index (κ3) is 9.11. The molecule has 0 aliphatic carbocycles. The smallest absolute Gasteiger partial charge is 0.202 e. The Morgan fingerprint density at radius 3 is 2.65 bits per heavy atom. The van der Waals surface area contributed by atoms with Crippen molar-refractivity contribution in [3.05, 3.63) is 29.9 Å². The molecule has 1 heterocycles. The summed E-state index contributed by atoms with van der Waals surface area (Å²) in [7, 11) is 0. The standard InChI is InChI=1S/C17H31N5O/c1-4-22(23)19-13-9-7-5-6-8-10-14-21-17(15-18-20-21)12-11-16(2)3/h4,15-16H,1,5-14H2,2-3H3. The van der Waals surface area contributed by atoms with Crippen LogP contribution in [0.15, 0.2) is 24.1 Å². The van der Waals surface area contributed by atoms with E-state index >= 15 is 0 Å².